The van der Waals surface area contributed by atoms with Crippen LogP contribution in [0.3, 0.4) is 0 Å². The standard InChI is InChI=1S/C5H6FNS.C2H6/c1-4(6)5-2-7-3-8-5;1-2/h2,7H,1,3H2;1-2H3. The smallest absolute Gasteiger partial charge is 0.131 e. The normalized spacial score (nSPS) is 14.5. The summed E-state index contributed by atoms with van der Waals surface area (Å²) in [4.78, 5) is 0.616. The molecule has 0 aromatic heterocycles. The van der Waals surface area contributed by atoms with E-state index in [1.807, 2.05) is 13.8 Å². The van der Waals surface area contributed by atoms with E-state index < -0.39 is 0 Å². The number of hydrogen-bond acceptors (Lipinski definition) is 2. The molecule has 1 heterocycles. The lowest BCUT2D eigenvalue weighted by atomic mass is 10.5. The van der Waals surface area contributed by atoms with Crippen LogP contribution in [-0.2, 0) is 0 Å². The second-order valence-corrected chi connectivity index (χ2v) is 2.42. The van der Waals surface area contributed by atoms with E-state index in [4.69, 9.17) is 0 Å². The van der Waals surface area contributed by atoms with Crippen molar-refractivity contribution in [1.29, 1.82) is 0 Å². The number of thioether (sulfide) groups is 1. The van der Waals surface area contributed by atoms with Crippen LogP contribution in [0.2, 0.25) is 0 Å². The summed E-state index contributed by atoms with van der Waals surface area (Å²) in [6.07, 6.45) is 1.63. The summed E-state index contributed by atoms with van der Waals surface area (Å²) >= 11 is 1.43. The Morgan fingerprint density at radius 2 is 2.40 bits per heavy atom. The highest BCUT2D eigenvalue weighted by atomic mass is 32.2. The number of hydrogen-bond donors (Lipinski definition) is 1. The van der Waals surface area contributed by atoms with Crippen LogP contribution in [0.4, 0.5) is 4.39 Å². The molecule has 1 aliphatic heterocycles. The first-order valence-corrected chi connectivity index (χ1v) is 4.20. The van der Waals surface area contributed by atoms with Gasteiger partial charge in [0.05, 0.1) is 10.8 Å². The van der Waals surface area contributed by atoms with Gasteiger partial charge in [0, 0.05) is 6.20 Å². The van der Waals surface area contributed by atoms with Crippen LogP contribution in [0.15, 0.2) is 23.5 Å². The maximum atomic E-state index is 12.1. The third-order valence-corrected chi connectivity index (χ3v) is 1.77. The fourth-order valence-electron chi connectivity index (χ4n) is 0.452. The van der Waals surface area contributed by atoms with Crippen molar-refractivity contribution in [3.63, 3.8) is 0 Å². The van der Waals surface area contributed by atoms with E-state index in [1.165, 1.54) is 11.8 Å². The molecule has 0 atom stereocenters. The Hall–Kier alpha value is -0.440. The fourth-order valence-corrected chi connectivity index (χ4v) is 1.10. The van der Waals surface area contributed by atoms with E-state index >= 15 is 0 Å². The molecule has 0 aromatic rings. The minimum absolute atomic E-state index is 0.347. The summed E-state index contributed by atoms with van der Waals surface area (Å²) in [7, 11) is 0. The first-order valence-electron chi connectivity index (χ1n) is 3.22. The van der Waals surface area contributed by atoms with E-state index in [1.54, 1.807) is 6.20 Å². The molecular weight excluding hydrogens is 149 g/mol. The van der Waals surface area contributed by atoms with Crippen molar-refractivity contribution in [1.82, 2.24) is 5.32 Å². The van der Waals surface area contributed by atoms with Crippen molar-refractivity contribution >= 4 is 11.8 Å². The summed E-state index contributed by atoms with van der Waals surface area (Å²) in [6.45, 7) is 7.14. The molecule has 0 bridgehead atoms. The predicted molar refractivity (Wildman–Crippen MR) is 45.3 cm³/mol. The van der Waals surface area contributed by atoms with Crippen molar-refractivity contribution in [2.75, 3.05) is 5.88 Å². The van der Waals surface area contributed by atoms with Crippen LogP contribution >= 0.6 is 11.8 Å². The third-order valence-electron chi connectivity index (χ3n) is 0.812. The van der Waals surface area contributed by atoms with Gasteiger partial charge in [-0.3, -0.25) is 0 Å². The van der Waals surface area contributed by atoms with Gasteiger partial charge < -0.3 is 5.32 Å². The van der Waals surface area contributed by atoms with E-state index in [9.17, 15) is 4.39 Å². The van der Waals surface area contributed by atoms with Crippen molar-refractivity contribution in [2.45, 2.75) is 13.8 Å². The van der Waals surface area contributed by atoms with Crippen molar-refractivity contribution in [3.05, 3.63) is 23.5 Å². The molecule has 3 heteroatoms. The lowest BCUT2D eigenvalue weighted by Gasteiger charge is -1.88. The molecule has 1 N–H and O–H groups in total. The maximum absolute atomic E-state index is 12.1. The van der Waals surface area contributed by atoms with Crippen LogP contribution < -0.4 is 5.32 Å². The zero-order valence-corrected chi connectivity index (χ0v) is 7.09. The third kappa shape index (κ3) is 2.92. The molecular formula is C7H12FNS. The molecule has 0 spiro atoms. The highest BCUT2D eigenvalue weighted by Gasteiger charge is 2.05. The zero-order valence-electron chi connectivity index (χ0n) is 6.28. The Bertz CT molecular complexity index is 143. The topological polar surface area (TPSA) is 12.0 Å². The quantitative estimate of drug-likeness (QED) is 0.634. The van der Waals surface area contributed by atoms with Gasteiger partial charge in [-0.25, -0.2) is 4.39 Å². The van der Waals surface area contributed by atoms with Gasteiger partial charge in [-0.15, -0.1) is 11.8 Å². The molecule has 0 saturated carbocycles. The van der Waals surface area contributed by atoms with Crippen molar-refractivity contribution in [2.24, 2.45) is 0 Å². The molecule has 10 heavy (non-hydrogen) atoms. The number of allylic oxidation sites excluding steroid dienone is 1. The molecule has 1 aliphatic rings. The summed E-state index contributed by atoms with van der Waals surface area (Å²) < 4.78 is 12.1. The Labute approximate surface area is 65.4 Å². The van der Waals surface area contributed by atoms with Gasteiger partial charge in [-0.2, -0.15) is 0 Å². The van der Waals surface area contributed by atoms with Gasteiger partial charge in [0.2, 0.25) is 0 Å². The summed E-state index contributed by atoms with van der Waals surface area (Å²) in [5.41, 5.74) is 0. The van der Waals surface area contributed by atoms with Gasteiger partial charge in [0.15, 0.2) is 0 Å². The summed E-state index contributed by atoms with van der Waals surface area (Å²) in [6, 6.07) is 0. The average molecular weight is 161 g/mol. The van der Waals surface area contributed by atoms with E-state index in [0.29, 0.717) is 4.91 Å². The predicted octanol–water partition coefficient (Wildman–Crippen LogP) is 2.63. The Morgan fingerprint density at radius 3 is 2.60 bits per heavy atom. The number of halogens is 1. The van der Waals surface area contributed by atoms with Crippen LogP contribution in [0, 0.1) is 0 Å². The molecule has 0 aliphatic carbocycles. The number of nitrogens with one attached hydrogen (secondary N) is 1. The SMILES string of the molecule is C=C(F)C1=CNCS1.CC. The van der Waals surface area contributed by atoms with Crippen molar-refractivity contribution < 1.29 is 4.39 Å². The van der Waals surface area contributed by atoms with Gasteiger partial charge in [-0.05, 0) is 0 Å². The fraction of sp³-hybridized carbons (Fsp3) is 0.429. The average Bonchev–Trinajstić information content (AvgIpc) is 2.42. The second-order valence-electron chi connectivity index (χ2n) is 1.41. The second kappa shape index (κ2) is 5.35. The molecule has 1 nitrogen and oxygen atoms in total. The molecule has 0 amide bonds. The molecule has 0 radical (unpaired) electrons. The number of rotatable bonds is 1. The van der Waals surface area contributed by atoms with E-state index in [0.717, 1.165) is 5.88 Å². The van der Waals surface area contributed by atoms with Gasteiger partial charge in [0.1, 0.15) is 5.83 Å². The molecule has 0 aromatic carbocycles. The first kappa shape index (κ1) is 9.56. The Morgan fingerprint density at radius 1 is 1.80 bits per heavy atom. The minimum atomic E-state index is -0.347. The van der Waals surface area contributed by atoms with Crippen LogP contribution in [0.25, 0.3) is 0 Å². The van der Waals surface area contributed by atoms with E-state index in [-0.39, 0.29) is 5.83 Å². The Kier molecular flexibility index (Phi) is 5.12. The van der Waals surface area contributed by atoms with Gasteiger partial charge >= 0.3 is 0 Å². The molecule has 58 valence electrons. The monoisotopic (exact) mass is 161 g/mol. The van der Waals surface area contributed by atoms with Crippen molar-refractivity contribution in [3.8, 4) is 0 Å². The Balaban J connectivity index is 0.000000371. The molecule has 1 rings (SSSR count). The maximum Gasteiger partial charge on any atom is 0.131 e. The lowest BCUT2D eigenvalue weighted by molar-refractivity contribution is 0.667. The van der Waals surface area contributed by atoms with E-state index in [2.05, 4.69) is 11.9 Å². The van der Waals surface area contributed by atoms with Crippen LogP contribution in [-0.4, -0.2) is 5.88 Å². The molecule has 0 unspecified atom stereocenters. The van der Waals surface area contributed by atoms with Crippen LogP contribution in [0.5, 0.6) is 0 Å². The summed E-state index contributed by atoms with van der Waals surface area (Å²) in [5.74, 6) is 0.415. The highest BCUT2D eigenvalue weighted by Crippen LogP contribution is 2.25. The zero-order chi connectivity index (χ0) is 7.98. The van der Waals surface area contributed by atoms with Gasteiger partial charge in [0.25, 0.3) is 0 Å². The molecule has 0 fully saturated rings. The van der Waals surface area contributed by atoms with Crippen LogP contribution in [0.1, 0.15) is 13.8 Å². The molecule has 0 saturated heterocycles. The first-order chi connectivity index (χ1) is 4.80. The lowest BCUT2D eigenvalue weighted by Crippen LogP contribution is -1.93. The summed E-state index contributed by atoms with van der Waals surface area (Å²) in [5, 5.41) is 2.85. The minimum Gasteiger partial charge on any atom is -0.381 e. The van der Waals surface area contributed by atoms with Gasteiger partial charge in [-0.1, -0.05) is 20.4 Å². The largest absolute Gasteiger partial charge is 0.381 e. The highest BCUT2D eigenvalue weighted by molar-refractivity contribution is 8.03.